The van der Waals surface area contributed by atoms with E-state index in [2.05, 4.69) is 10.6 Å². The van der Waals surface area contributed by atoms with Crippen LogP contribution >= 0.6 is 0 Å². The predicted molar refractivity (Wildman–Crippen MR) is 58.9 cm³/mol. The standard InChI is InChI=1S/C11H14N2O3/c14-9-5-12-4-8(9)13-7-1-2-10-11(3-7)16-6-15-10/h1-3,8-9,12-14H,4-6H2/t8-,9-/m1/s1. The van der Waals surface area contributed by atoms with Crippen LogP contribution in [0.25, 0.3) is 0 Å². The highest BCUT2D eigenvalue weighted by atomic mass is 16.7. The summed E-state index contributed by atoms with van der Waals surface area (Å²) < 4.78 is 10.5. The van der Waals surface area contributed by atoms with E-state index in [1.807, 2.05) is 18.2 Å². The van der Waals surface area contributed by atoms with Crippen molar-refractivity contribution in [3.8, 4) is 11.5 Å². The van der Waals surface area contributed by atoms with Gasteiger partial charge in [0, 0.05) is 24.8 Å². The number of benzene rings is 1. The number of fused-ring (bicyclic) bond motifs is 1. The lowest BCUT2D eigenvalue weighted by Crippen LogP contribution is -2.31. The summed E-state index contributed by atoms with van der Waals surface area (Å²) in [4.78, 5) is 0. The number of hydrogen-bond donors (Lipinski definition) is 3. The second-order valence-electron chi connectivity index (χ2n) is 4.04. The van der Waals surface area contributed by atoms with Crippen molar-refractivity contribution >= 4 is 5.69 Å². The number of hydrogen-bond acceptors (Lipinski definition) is 5. The Kier molecular flexibility index (Phi) is 2.34. The monoisotopic (exact) mass is 222 g/mol. The molecule has 0 bridgehead atoms. The molecule has 1 aromatic carbocycles. The molecule has 5 heteroatoms. The summed E-state index contributed by atoms with van der Waals surface area (Å²) in [6.07, 6.45) is -0.342. The zero-order chi connectivity index (χ0) is 11.0. The molecule has 0 unspecified atom stereocenters. The van der Waals surface area contributed by atoms with E-state index in [-0.39, 0.29) is 18.9 Å². The van der Waals surface area contributed by atoms with Gasteiger partial charge in [0.15, 0.2) is 11.5 Å². The van der Waals surface area contributed by atoms with E-state index in [0.29, 0.717) is 6.54 Å². The smallest absolute Gasteiger partial charge is 0.231 e. The Balaban J connectivity index is 1.75. The number of ether oxygens (including phenoxy) is 2. The first-order valence-corrected chi connectivity index (χ1v) is 5.38. The van der Waals surface area contributed by atoms with E-state index >= 15 is 0 Å². The molecule has 2 atom stereocenters. The Morgan fingerprint density at radius 1 is 1.25 bits per heavy atom. The third-order valence-corrected chi connectivity index (χ3v) is 2.91. The molecule has 1 saturated heterocycles. The van der Waals surface area contributed by atoms with Crippen molar-refractivity contribution in [2.45, 2.75) is 12.1 Å². The summed E-state index contributed by atoms with van der Waals surface area (Å²) in [6.45, 7) is 1.70. The zero-order valence-corrected chi connectivity index (χ0v) is 8.77. The van der Waals surface area contributed by atoms with Gasteiger partial charge in [-0.1, -0.05) is 0 Å². The van der Waals surface area contributed by atoms with Crippen LogP contribution in [0.1, 0.15) is 0 Å². The molecule has 2 aliphatic heterocycles. The zero-order valence-electron chi connectivity index (χ0n) is 8.77. The van der Waals surface area contributed by atoms with E-state index in [9.17, 15) is 5.11 Å². The van der Waals surface area contributed by atoms with E-state index in [4.69, 9.17) is 9.47 Å². The normalized spacial score (nSPS) is 27.1. The number of rotatable bonds is 2. The van der Waals surface area contributed by atoms with Crippen molar-refractivity contribution in [3.05, 3.63) is 18.2 Å². The average molecular weight is 222 g/mol. The van der Waals surface area contributed by atoms with Gasteiger partial charge in [-0.2, -0.15) is 0 Å². The quantitative estimate of drug-likeness (QED) is 0.665. The molecule has 86 valence electrons. The lowest BCUT2D eigenvalue weighted by atomic mass is 10.2. The molecule has 2 aliphatic rings. The molecule has 0 aromatic heterocycles. The maximum Gasteiger partial charge on any atom is 0.231 e. The van der Waals surface area contributed by atoms with Crippen LogP contribution in [0.4, 0.5) is 5.69 Å². The summed E-state index contributed by atoms with van der Waals surface area (Å²) in [7, 11) is 0. The van der Waals surface area contributed by atoms with E-state index < -0.39 is 0 Å². The molecular weight excluding hydrogens is 208 g/mol. The highest BCUT2D eigenvalue weighted by molar-refractivity contribution is 5.56. The first kappa shape index (κ1) is 9.74. The maximum atomic E-state index is 9.66. The van der Waals surface area contributed by atoms with Gasteiger partial charge >= 0.3 is 0 Å². The first-order chi connectivity index (χ1) is 7.83. The minimum atomic E-state index is -0.342. The van der Waals surface area contributed by atoms with Gasteiger partial charge < -0.3 is 25.2 Å². The van der Waals surface area contributed by atoms with Gasteiger partial charge in [-0.3, -0.25) is 0 Å². The largest absolute Gasteiger partial charge is 0.454 e. The topological polar surface area (TPSA) is 62.8 Å². The second-order valence-corrected chi connectivity index (χ2v) is 4.04. The highest BCUT2D eigenvalue weighted by Crippen LogP contribution is 2.34. The Morgan fingerprint density at radius 3 is 2.94 bits per heavy atom. The van der Waals surface area contributed by atoms with Crippen LogP contribution in [0.5, 0.6) is 11.5 Å². The van der Waals surface area contributed by atoms with Crippen LogP contribution in [-0.2, 0) is 0 Å². The highest BCUT2D eigenvalue weighted by Gasteiger charge is 2.25. The second kappa shape index (κ2) is 3.84. The van der Waals surface area contributed by atoms with Gasteiger partial charge in [-0.15, -0.1) is 0 Å². The molecule has 1 aromatic rings. The molecule has 0 aliphatic carbocycles. The van der Waals surface area contributed by atoms with Gasteiger partial charge in [0.2, 0.25) is 6.79 Å². The Bertz CT molecular complexity index is 397. The summed E-state index contributed by atoms with van der Waals surface area (Å²) in [5, 5.41) is 16.1. The van der Waals surface area contributed by atoms with Crippen molar-refractivity contribution in [2.75, 3.05) is 25.2 Å². The number of anilines is 1. The molecule has 0 spiro atoms. The minimum Gasteiger partial charge on any atom is -0.454 e. The number of aliphatic hydroxyl groups excluding tert-OH is 1. The fraction of sp³-hybridized carbons (Fsp3) is 0.455. The summed E-state index contributed by atoms with van der Waals surface area (Å²) >= 11 is 0. The Labute approximate surface area is 93.4 Å². The number of β-amino-alcohol motifs (C(OH)–C–C–N with tert-alkyl or cyclic N) is 1. The van der Waals surface area contributed by atoms with E-state index in [1.165, 1.54) is 0 Å². The third kappa shape index (κ3) is 1.68. The van der Waals surface area contributed by atoms with Gasteiger partial charge in [-0.05, 0) is 12.1 Å². The average Bonchev–Trinajstić information content (AvgIpc) is 2.88. The van der Waals surface area contributed by atoms with E-state index in [0.717, 1.165) is 23.7 Å². The van der Waals surface area contributed by atoms with Crippen LogP contribution in [0, 0.1) is 0 Å². The first-order valence-electron chi connectivity index (χ1n) is 5.38. The summed E-state index contributed by atoms with van der Waals surface area (Å²) in [6, 6.07) is 5.76. The Morgan fingerprint density at radius 2 is 2.12 bits per heavy atom. The molecule has 1 fully saturated rings. The number of nitrogens with one attached hydrogen (secondary N) is 2. The van der Waals surface area contributed by atoms with Gasteiger partial charge in [-0.25, -0.2) is 0 Å². The SMILES string of the molecule is O[C@@H]1CNC[C@H]1Nc1ccc2c(c1)OCO2. The predicted octanol–water partition coefficient (Wildman–Crippen LogP) is 0.160. The van der Waals surface area contributed by atoms with Gasteiger partial charge in [0.05, 0.1) is 12.1 Å². The van der Waals surface area contributed by atoms with Crippen LogP contribution in [0.15, 0.2) is 18.2 Å². The van der Waals surface area contributed by atoms with Crippen LogP contribution < -0.4 is 20.1 Å². The van der Waals surface area contributed by atoms with Crippen molar-refractivity contribution in [2.24, 2.45) is 0 Å². The van der Waals surface area contributed by atoms with Crippen LogP contribution in [0.3, 0.4) is 0 Å². The molecule has 3 N–H and O–H groups in total. The molecule has 5 nitrogen and oxygen atoms in total. The molecule has 3 rings (SSSR count). The fourth-order valence-corrected chi connectivity index (χ4v) is 2.01. The van der Waals surface area contributed by atoms with Crippen molar-refractivity contribution < 1.29 is 14.6 Å². The third-order valence-electron chi connectivity index (χ3n) is 2.91. The maximum absolute atomic E-state index is 9.66. The summed E-state index contributed by atoms with van der Waals surface area (Å²) in [5.74, 6) is 1.53. The van der Waals surface area contributed by atoms with Gasteiger partial charge in [0.1, 0.15) is 0 Å². The lowest BCUT2D eigenvalue weighted by Gasteiger charge is -2.16. The molecule has 16 heavy (non-hydrogen) atoms. The molecular formula is C11H14N2O3. The molecule has 0 saturated carbocycles. The van der Waals surface area contributed by atoms with Crippen LogP contribution in [-0.4, -0.2) is 37.1 Å². The van der Waals surface area contributed by atoms with Crippen molar-refractivity contribution in [1.29, 1.82) is 0 Å². The van der Waals surface area contributed by atoms with Crippen molar-refractivity contribution in [3.63, 3.8) is 0 Å². The van der Waals surface area contributed by atoms with Gasteiger partial charge in [0.25, 0.3) is 0 Å². The molecule has 2 heterocycles. The summed E-state index contributed by atoms with van der Waals surface area (Å²) in [5.41, 5.74) is 0.942. The molecule has 0 radical (unpaired) electrons. The minimum absolute atomic E-state index is 0.0559. The van der Waals surface area contributed by atoms with Crippen molar-refractivity contribution in [1.82, 2.24) is 5.32 Å². The van der Waals surface area contributed by atoms with Crippen LogP contribution in [0.2, 0.25) is 0 Å². The number of aliphatic hydroxyl groups is 1. The Hall–Kier alpha value is -1.46. The lowest BCUT2D eigenvalue weighted by molar-refractivity contribution is 0.174. The van der Waals surface area contributed by atoms with E-state index in [1.54, 1.807) is 0 Å². The fourth-order valence-electron chi connectivity index (χ4n) is 2.01. The molecule has 0 amide bonds.